The molecule has 0 aromatic carbocycles. The van der Waals surface area contributed by atoms with E-state index < -0.39 is 10.4 Å². The summed E-state index contributed by atoms with van der Waals surface area (Å²) < 4.78 is 29.4. The molecule has 1 aliphatic rings. The molecule has 0 spiro atoms. The first-order valence-corrected chi connectivity index (χ1v) is 4.29. The average molecular weight is 164 g/mol. The van der Waals surface area contributed by atoms with Crippen LogP contribution in [0, 0.1) is 0 Å². The lowest BCUT2D eigenvalue weighted by Gasteiger charge is -1.94. The molecule has 0 atom stereocenters. The first-order chi connectivity index (χ1) is 4.64. The van der Waals surface area contributed by atoms with Crippen molar-refractivity contribution < 1.29 is 16.8 Å². The second-order valence-corrected chi connectivity index (χ2v) is 3.10. The molecule has 58 valence electrons. The van der Waals surface area contributed by atoms with Gasteiger partial charge in [-0.15, -0.1) is 8.42 Å². The summed E-state index contributed by atoms with van der Waals surface area (Å²) in [5.74, 6) is 0.377. The van der Waals surface area contributed by atoms with Gasteiger partial charge >= 0.3 is 10.4 Å². The first-order valence-electron chi connectivity index (χ1n) is 2.96. The molecule has 0 aromatic rings. The van der Waals surface area contributed by atoms with E-state index in [4.69, 9.17) is 0 Å². The van der Waals surface area contributed by atoms with Crippen LogP contribution in [-0.2, 0) is 18.8 Å². The van der Waals surface area contributed by atoms with Crippen molar-refractivity contribution in [3.05, 3.63) is 12.0 Å². The summed E-state index contributed by atoms with van der Waals surface area (Å²) in [6.07, 6.45) is 2.56. The largest absolute Gasteiger partial charge is 0.500 e. The Morgan fingerprint density at radius 2 is 2.30 bits per heavy atom. The van der Waals surface area contributed by atoms with Gasteiger partial charge < -0.3 is 8.37 Å². The summed E-state index contributed by atoms with van der Waals surface area (Å²) in [7, 11) is -3.71. The Morgan fingerprint density at radius 1 is 1.60 bits per heavy atom. The zero-order valence-corrected chi connectivity index (χ0v) is 6.35. The van der Waals surface area contributed by atoms with E-state index in [1.54, 1.807) is 0 Å². The first kappa shape index (κ1) is 7.40. The van der Waals surface area contributed by atoms with Crippen LogP contribution in [0.5, 0.6) is 0 Å². The molecule has 5 heteroatoms. The van der Waals surface area contributed by atoms with Crippen LogP contribution in [-0.4, -0.2) is 8.42 Å². The fourth-order valence-corrected chi connectivity index (χ4v) is 1.28. The summed E-state index contributed by atoms with van der Waals surface area (Å²) in [6.45, 7) is 1.93. The minimum atomic E-state index is -3.71. The van der Waals surface area contributed by atoms with Crippen LogP contribution in [0.4, 0.5) is 0 Å². The van der Waals surface area contributed by atoms with Gasteiger partial charge in [-0.3, -0.25) is 0 Å². The van der Waals surface area contributed by atoms with Crippen molar-refractivity contribution in [1.29, 1.82) is 0 Å². The van der Waals surface area contributed by atoms with E-state index in [-0.39, 0.29) is 0 Å². The Bertz CT molecular complexity index is 238. The summed E-state index contributed by atoms with van der Waals surface area (Å²) >= 11 is 0. The van der Waals surface area contributed by atoms with Gasteiger partial charge in [0.2, 0.25) is 0 Å². The minimum Gasteiger partial charge on any atom is -0.357 e. The molecule has 0 saturated carbocycles. The standard InChI is InChI=1S/C5H8O4S/c1-2-3-5-4-8-10(6,7)9-5/h4H,2-3H2,1H3. The maximum atomic E-state index is 10.4. The van der Waals surface area contributed by atoms with Gasteiger partial charge in [-0.25, -0.2) is 0 Å². The predicted octanol–water partition coefficient (Wildman–Crippen LogP) is 0.920. The van der Waals surface area contributed by atoms with E-state index in [0.29, 0.717) is 12.2 Å². The van der Waals surface area contributed by atoms with E-state index >= 15 is 0 Å². The lowest BCUT2D eigenvalue weighted by atomic mass is 10.3. The molecule has 0 aliphatic carbocycles. The van der Waals surface area contributed by atoms with Crippen molar-refractivity contribution in [2.75, 3.05) is 0 Å². The summed E-state index contributed by atoms with van der Waals surface area (Å²) in [5, 5.41) is 0. The number of allylic oxidation sites excluding steroid dienone is 1. The van der Waals surface area contributed by atoms with Crippen molar-refractivity contribution in [1.82, 2.24) is 0 Å². The number of hydrogen-bond donors (Lipinski definition) is 0. The number of rotatable bonds is 2. The second kappa shape index (κ2) is 2.49. The SMILES string of the molecule is CCCC1=COS(=O)(=O)O1. The van der Waals surface area contributed by atoms with Gasteiger partial charge in [0.15, 0.2) is 5.76 Å². The van der Waals surface area contributed by atoms with Crippen LogP contribution in [0.25, 0.3) is 0 Å². The summed E-state index contributed by atoms with van der Waals surface area (Å²) in [4.78, 5) is 0. The van der Waals surface area contributed by atoms with Crippen LogP contribution in [0.3, 0.4) is 0 Å². The summed E-state index contributed by atoms with van der Waals surface area (Å²) in [5.41, 5.74) is 0. The normalized spacial score (nSPS) is 21.1. The molecular weight excluding hydrogens is 156 g/mol. The third kappa shape index (κ3) is 1.63. The Labute approximate surface area is 59.8 Å². The molecule has 0 bridgehead atoms. The molecule has 0 unspecified atom stereocenters. The maximum absolute atomic E-state index is 10.4. The average Bonchev–Trinajstić information content (AvgIpc) is 2.12. The van der Waals surface area contributed by atoms with E-state index in [9.17, 15) is 8.42 Å². The van der Waals surface area contributed by atoms with Gasteiger partial charge in [-0.05, 0) is 6.42 Å². The highest BCUT2D eigenvalue weighted by Gasteiger charge is 2.21. The van der Waals surface area contributed by atoms with Gasteiger partial charge in [0.25, 0.3) is 0 Å². The summed E-state index contributed by atoms with van der Waals surface area (Å²) in [6, 6.07) is 0. The molecule has 0 radical (unpaired) electrons. The number of hydrogen-bond acceptors (Lipinski definition) is 4. The van der Waals surface area contributed by atoms with Gasteiger partial charge in [0, 0.05) is 6.42 Å². The molecule has 1 heterocycles. The van der Waals surface area contributed by atoms with Crippen LogP contribution >= 0.6 is 0 Å². The van der Waals surface area contributed by atoms with Crippen molar-refractivity contribution >= 4 is 10.4 Å². The van der Waals surface area contributed by atoms with Crippen LogP contribution < -0.4 is 0 Å². The maximum Gasteiger partial charge on any atom is 0.500 e. The Morgan fingerprint density at radius 3 is 2.70 bits per heavy atom. The van der Waals surface area contributed by atoms with Crippen LogP contribution in [0.15, 0.2) is 12.0 Å². The molecular formula is C5H8O4S. The topological polar surface area (TPSA) is 52.6 Å². The highest BCUT2D eigenvalue weighted by molar-refractivity contribution is 7.82. The zero-order chi connectivity index (χ0) is 7.61. The molecule has 0 amide bonds. The smallest absolute Gasteiger partial charge is 0.357 e. The van der Waals surface area contributed by atoms with Crippen LogP contribution in [0.2, 0.25) is 0 Å². The second-order valence-electron chi connectivity index (χ2n) is 1.92. The highest BCUT2D eigenvalue weighted by Crippen LogP contribution is 2.18. The molecule has 1 rings (SSSR count). The molecule has 4 nitrogen and oxygen atoms in total. The minimum absolute atomic E-state index is 0.377. The molecule has 0 aromatic heterocycles. The van der Waals surface area contributed by atoms with Gasteiger partial charge in [-0.1, -0.05) is 6.92 Å². The Kier molecular flexibility index (Phi) is 1.85. The lowest BCUT2D eigenvalue weighted by molar-refractivity contribution is 0.360. The molecule has 0 saturated heterocycles. The lowest BCUT2D eigenvalue weighted by Crippen LogP contribution is -1.97. The van der Waals surface area contributed by atoms with E-state index in [2.05, 4.69) is 8.37 Å². The quantitative estimate of drug-likeness (QED) is 0.609. The molecule has 0 fully saturated rings. The van der Waals surface area contributed by atoms with E-state index in [1.165, 1.54) is 0 Å². The van der Waals surface area contributed by atoms with Crippen molar-refractivity contribution in [3.8, 4) is 0 Å². The van der Waals surface area contributed by atoms with E-state index in [1.807, 2.05) is 6.92 Å². The van der Waals surface area contributed by atoms with Crippen LogP contribution in [0.1, 0.15) is 19.8 Å². The molecule has 10 heavy (non-hydrogen) atoms. The zero-order valence-electron chi connectivity index (χ0n) is 5.53. The third-order valence-electron chi connectivity index (χ3n) is 1.00. The van der Waals surface area contributed by atoms with Crippen molar-refractivity contribution in [3.63, 3.8) is 0 Å². The fourth-order valence-electron chi connectivity index (χ4n) is 0.630. The van der Waals surface area contributed by atoms with Crippen molar-refractivity contribution in [2.45, 2.75) is 19.8 Å². The molecule has 1 aliphatic heterocycles. The Balaban J connectivity index is 2.55. The fraction of sp³-hybridized carbons (Fsp3) is 0.600. The van der Waals surface area contributed by atoms with Gasteiger partial charge in [-0.2, -0.15) is 0 Å². The predicted molar refractivity (Wildman–Crippen MR) is 34.1 cm³/mol. The molecule has 0 N–H and O–H groups in total. The monoisotopic (exact) mass is 164 g/mol. The van der Waals surface area contributed by atoms with Crippen molar-refractivity contribution in [2.24, 2.45) is 0 Å². The van der Waals surface area contributed by atoms with E-state index in [0.717, 1.165) is 12.7 Å². The Hall–Kier alpha value is -0.710. The van der Waals surface area contributed by atoms with Gasteiger partial charge in [0.1, 0.15) is 6.26 Å². The third-order valence-corrected chi connectivity index (χ3v) is 1.75. The highest BCUT2D eigenvalue weighted by atomic mass is 32.3. The van der Waals surface area contributed by atoms with Gasteiger partial charge in [0.05, 0.1) is 0 Å².